The summed E-state index contributed by atoms with van der Waals surface area (Å²) in [5.41, 5.74) is 3.23. The van der Waals surface area contributed by atoms with Crippen LogP contribution in [0.4, 0.5) is 11.4 Å². The zero-order chi connectivity index (χ0) is 52.1. The van der Waals surface area contributed by atoms with Crippen molar-refractivity contribution in [2.24, 2.45) is 11.8 Å². The summed E-state index contributed by atoms with van der Waals surface area (Å²) in [6.45, 7) is 1.37. The second-order valence-electron chi connectivity index (χ2n) is 16.5. The summed E-state index contributed by atoms with van der Waals surface area (Å²) in [5, 5.41) is 22.4. The summed E-state index contributed by atoms with van der Waals surface area (Å²) in [6, 6.07) is 21.8. The maximum Gasteiger partial charge on any atom is 0.308 e. The Labute approximate surface area is 419 Å². The van der Waals surface area contributed by atoms with E-state index in [4.69, 9.17) is 32.2 Å². The number of esters is 2. The van der Waals surface area contributed by atoms with Gasteiger partial charge in [0.15, 0.2) is 0 Å². The van der Waals surface area contributed by atoms with E-state index in [0.717, 1.165) is 42.7 Å². The summed E-state index contributed by atoms with van der Waals surface area (Å²) in [5.74, 6) is 7.22. The molecule has 4 aromatic carbocycles. The molecule has 4 aromatic rings. The van der Waals surface area contributed by atoms with Gasteiger partial charge in [-0.1, -0.05) is 53.6 Å². The maximum absolute atomic E-state index is 12.9. The highest BCUT2D eigenvalue weighted by molar-refractivity contribution is 7.89. The van der Waals surface area contributed by atoms with Crippen LogP contribution in [0.1, 0.15) is 79.2 Å². The van der Waals surface area contributed by atoms with Crippen LogP contribution in [0.3, 0.4) is 0 Å². The van der Waals surface area contributed by atoms with Crippen LogP contribution in [0.2, 0.25) is 5.02 Å². The molecule has 0 spiro atoms. The van der Waals surface area contributed by atoms with Gasteiger partial charge in [-0.2, -0.15) is 0 Å². The summed E-state index contributed by atoms with van der Waals surface area (Å²) in [4.78, 5) is 43.9. The van der Waals surface area contributed by atoms with Crippen molar-refractivity contribution in [2.75, 3.05) is 41.7 Å². The van der Waals surface area contributed by atoms with Gasteiger partial charge >= 0.3 is 11.9 Å². The van der Waals surface area contributed by atoms with E-state index in [1.54, 1.807) is 14.2 Å². The number of hydrogen-bond acceptors (Lipinski definition) is 14. The van der Waals surface area contributed by atoms with Crippen molar-refractivity contribution in [2.45, 2.75) is 86.1 Å². The van der Waals surface area contributed by atoms with Gasteiger partial charge in [0, 0.05) is 49.6 Å². The summed E-state index contributed by atoms with van der Waals surface area (Å²) >= 11 is 5.69. The van der Waals surface area contributed by atoms with Crippen LogP contribution in [-0.4, -0.2) is 92.4 Å². The van der Waals surface area contributed by atoms with E-state index in [1.807, 2.05) is 48.5 Å². The molecule has 6 rings (SSSR count). The second kappa shape index (κ2) is 28.0. The molecule has 0 amide bonds. The minimum atomic E-state index is -3.98. The number of methoxy groups -OCH3 is 4. The minimum absolute atomic E-state index is 0.121. The first kappa shape index (κ1) is 57.3. The van der Waals surface area contributed by atoms with Gasteiger partial charge in [0.1, 0.15) is 10.6 Å². The monoisotopic (exact) mass is 1040 g/mol. The first-order chi connectivity index (χ1) is 33.8. The Balaban J connectivity index is 0.000000261. The van der Waals surface area contributed by atoms with Crippen LogP contribution in [0, 0.1) is 56.2 Å². The molecular weight excluding hydrogens is 980 g/mol. The van der Waals surface area contributed by atoms with E-state index in [2.05, 4.69) is 31.9 Å². The molecule has 0 saturated heterocycles. The predicted molar refractivity (Wildman–Crippen MR) is 265 cm³/mol. The average Bonchev–Trinajstić information content (AvgIpc) is 3.37. The standard InChI is InChI=1S/C25H28N2O7S.C14H17ClN2O6S.C11H12O/c1-33-16-15-19-5-3-18(4-6-19)7-8-20-11-14-23(17-24(20)27(29)30)35(31,32)26-22-12-9-21(10-13-22)25(28)34-2;1-23-14(18)9-2-4-10(5-3-9)16-24(21,22)11-6-7-12(15)13(8-11)17(19)20;1-3-10-4-6-11(7-5-10)8-9-12-2/h3-6,11,14,17,21-22,26H,9-10,12-13,15-16H2,1-2H3;6-10,16H,2-5H2,1H3;1,4-7H,8-9H2,2H3. The largest absolute Gasteiger partial charge is 0.469 e. The smallest absolute Gasteiger partial charge is 0.308 e. The summed E-state index contributed by atoms with van der Waals surface area (Å²) < 4.78 is 75.1. The quantitative estimate of drug-likeness (QED) is 0.0484. The Bertz CT molecular complexity index is 2790. The van der Waals surface area contributed by atoms with Crippen molar-refractivity contribution in [1.29, 1.82) is 0 Å². The number of nitro benzene ring substituents is 2. The number of nitrogens with one attached hydrogen (secondary N) is 2. The van der Waals surface area contributed by atoms with Gasteiger partial charge < -0.3 is 18.9 Å². The van der Waals surface area contributed by atoms with Crippen molar-refractivity contribution in [1.82, 2.24) is 9.44 Å². The number of hydrogen-bond donors (Lipinski definition) is 2. The van der Waals surface area contributed by atoms with E-state index in [1.165, 1.54) is 44.0 Å². The lowest BCUT2D eigenvalue weighted by atomic mass is 9.86. The van der Waals surface area contributed by atoms with Gasteiger partial charge in [0.25, 0.3) is 11.4 Å². The van der Waals surface area contributed by atoms with Crippen molar-refractivity contribution >= 4 is 55.0 Å². The van der Waals surface area contributed by atoms with Gasteiger partial charge in [-0.3, -0.25) is 29.8 Å². The Kier molecular flexibility index (Phi) is 22.6. The molecule has 21 heteroatoms. The number of rotatable bonds is 16. The number of nitro groups is 2. The summed E-state index contributed by atoms with van der Waals surface area (Å²) in [6.07, 6.45) is 11.0. The van der Waals surface area contributed by atoms with E-state index < -0.39 is 35.6 Å². The Morgan fingerprint density at radius 1 is 0.620 bits per heavy atom. The minimum Gasteiger partial charge on any atom is -0.469 e. The van der Waals surface area contributed by atoms with Crippen molar-refractivity contribution in [3.63, 3.8) is 0 Å². The number of carbonyl (C=O) groups excluding carboxylic acids is 2. The molecule has 0 heterocycles. The van der Waals surface area contributed by atoms with Gasteiger partial charge in [-0.25, -0.2) is 26.3 Å². The molecule has 0 radical (unpaired) electrons. The number of carbonyl (C=O) groups is 2. The molecule has 2 saturated carbocycles. The number of benzene rings is 4. The number of terminal acetylenes is 1. The molecule has 0 unspecified atom stereocenters. The highest BCUT2D eigenvalue weighted by atomic mass is 35.5. The topological polar surface area (TPSA) is 250 Å². The molecule has 2 aliphatic rings. The number of sulfonamides is 2. The summed E-state index contributed by atoms with van der Waals surface area (Å²) in [7, 11) is -1.89. The first-order valence-corrected chi connectivity index (χ1v) is 25.8. The van der Waals surface area contributed by atoms with Crippen LogP contribution in [0.5, 0.6) is 0 Å². The maximum atomic E-state index is 12.9. The Hall–Kier alpha value is -6.23. The van der Waals surface area contributed by atoms with Crippen LogP contribution in [0.25, 0.3) is 0 Å². The molecule has 18 nitrogen and oxygen atoms in total. The van der Waals surface area contributed by atoms with Crippen molar-refractivity contribution in [3.8, 4) is 24.2 Å². The SMILES string of the molecule is C#Cc1ccc(CCOC)cc1.COC(=O)C1CCC(NS(=O)(=O)c2ccc(Cl)c([N+](=O)[O-])c2)CC1.COCCc1ccc(C#Cc2ccc(S(=O)(=O)NC3CCC(C(=O)OC)CC3)cc2[N+](=O)[O-])cc1. The highest BCUT2D eigenvalue weighted by Gasteiger charge is 2.32. The molecule has 0 bridgehead atoms. The highest BCUT2D eigenvalue weighted by Crippen LogP contribution is 2.31. The molecule has 71 heavy (non-hydrogen) atoms. The molecule has 0 aliphatic heterocycles. The molecule has 2 aliphatic carbocycles. The molecule has 0 atom stereocenters. The first-order valence-electron chi connectivity index (χ1n) is 22.4. The fourth-order valence-electron chi connectivity index (χ4n) is 7.64. The van der Waals surface area contributed by atoms with E-state index in [9.17, 15) is 46.7 Å². The van der Waals surface area contributed by atoms with Crippen LogP contribution >= 0.6 is 11.6 Å². The Morgan fingerprint density at radius 3 is 1.42 bits per heavy atom. The predicted octanol–water partition coefficient (Wildman–Crippen LogP) is 7.31. The van der Waals surface area contributed by atoms with E-state index in [0.29, 0.717) is 63.5 Å². The second-order valence-corrected chi connectivity index (χ2v) is 20.3. The molecule has 2 N–H and O–H groups in total. The normalized spacial score (nSPS) is 17.5. The number of halogens is 1. The van der Waals surface area contributed by atoms with Crippen LogP contribution in [0.15, 0.2) is 94.7 Å². The van der Waals surface area contributed by atoms with Gasteiger partial charge in [-0.05, 0) is 124 Å². The fraction of sp³-hybridized carbons (Fsp3) is 0.400. The third-order valence-electron chi connectivity index (χ3n) is 11.7. The lowest BCUT2D eigenvalue weighted by Crippen LogP contribution is -2.38. The number of nitrogens with zero attached hydrogens (tertiary/aromatic N) is 2. The molecule has 2 fully saturated rings. The van der Waals surface area contributed by atoms with E-state index in [-0.39, 0.29) is 61.9 Å². The lowest BCUT2D eigenvalue weighted by Gasteiger charge is -2.27. The third kappa shape index (κ3) is 17.8. The van der Waals surface area contributed by atoms with E-state index >= 15 is 0 Å². The third-order valence-corrected chi connectivity index (χ3v) is 15.0. The van der Waals surface area contributed by atoms with Crippen molar-refractivity contribution < 1.29 is 55.2 Å². The average molecular weight is 1040 g/mol. The zero-order valence-electron chi connectivity index (χ0n) is 39.8. The fourth-order valence-corrected chi connectivity index (χ4v) is 10.5. The van der Waals surface area contributed by atoms with Gasteiger partial charge in [0.05, 0.1) is 58.9 Å². The van der Waals surface area contributed by atoms with Crippen molar-refractivity contribution in [3.05, 3.63) is 138 Å². The molecule has 380 valence electrons. The lowest BCUT2D eigenvalue weighted by molar-refractivity contribution is -0.385. The zero-order valence-corrected chi connectivity index (χ0v) is 42.1. The van der Waals surface area contributed by atoms with Crippen LogP contribution in [-0.2, 0) is 61.4 Å². The number of ether oxygens (including phenoxy) is 4. The van der Waals surface area contributed by atoms with Gasteiger partial charge in [-0.15, -0.1) is 6.42 Å². The Morgan fingerprint density at radius 2 is 1.03 bits per heavy atom. The van der Waals surface area contributed by atoms with Crippen LogP contribution < -0.4 is 9.44 Å². The molecule has 0 aromatic heterocycles. The molecular formula is C50H57ClN4O14S2. The van der Waals surface area contributed by atoms with Gasteiger partial charge in [0.2, 0.25) is 20.0 Å².